The van der Waals surface area contributed by atoms with Gasteiger partial charge in [0.15, 0.2) is 0 Å². The van der Waals surface area contributed by atoms with E-state index >= 15 is 0 Å². The Labute approximate surface area is 116 Å². The monoisotopic (exact) mass is 288 g/mol. The molecule has 2 atom stereocenters. The molecule has 0 fully saturated rings. The highest BCUT2D eigenvalue weighted by Crippen LogP contribution is 1.97. The third-order valence-corrected chi connectivity index (χ3v) is 2.48. The van der Waals surface area contributed by atoms with Gasteiger partial charge in [-0.1, -0.05) is 13.8 Å². The van der Waals surface area contributed by atoms with Gasteiger partial charge in [-0.3, -0.25) is 14.4 Å². The van der Waals surface area contributed by atoms with E-state index in [1.165, 1.54) is 0 Å². The molecule has 3 amide bonds. The molecule has 0 aliphatic heterocycles. The molecule has 0 aliphatic carbocycles. The number of rotatable bonds is 8. The van der Waals surface area contributed by atoms with Crippen LogP contribution in [0.3, 0.4) is 0 Å². The summed E-state index contributed by atoms with van der Waals surface area (Å²) in [4.78, 5) is 44.4. The van der Waals surface area contributed by atoms with Gasteiger partial charge in [0.2, 0.25) is 17.7 Å². The summed E-state index contributed by atoms with van der Waals surface area (Å²) in [5, 5.41) is 13.1. The van der Waals surface area contributed by atoms with Gasteiger partial charge in [-0.05, 0) is 5.92 Å². The maximum absolute atomic E-state index is 11.5. The van der Waals surface area contributed by atoms with Crippen molar-refractivity contribution in [3.8, 4) is 0 Å². The van der Waals surface area contributed by atoms with Gasteiger partial charge in [-0.25, -0.2) is 4.79 Å². The molecular weight excluding hydrogens is 268 g/mol. The lowest BCUT2D eigenvalue weighted by atomic mass is 10.1. The Morgan fingerprint density at radius 3 is 2.15 bits per heavy atom. The van der Waals surface area contributed by atoms with Crippen LogP contribution in [-0.4, -0.2) is 47.4 Å². The molecule has 0 unspecified atom stereocenters. The lowest BCUT2D eigenvalue weighted by Crippen LogP contribution is -2.50. The van der Waals surface area contributed by atoms with E-state index in [-0.39, 0.29) is 5.92 Å². The van der Waals surface area contributed by atoms with E-state index < -0.39 is 48.7 Å². The first-order valence-electron chi connectivity index (χ1n) is 5.99. The molecule has 9 nitrogen and oxygen atoms in total. The van der Waals surface area contributed by atoms with Gasteiger partial charge in [0.1, 0.15) is 6.04 Å². The summed E-state index contributed by atoms with van der Waals surface area (Å²) in [6.07, 6.45) is -0.527. The average Bonchev–Trinajstić information content (AvgIpc) is 2.33. The van der Waals surface area contributed by atoms with Crippen LogP contribution < -0.4 is 22.1 Å². The van der Waals surface area contributed by atoms with Gasteiger partial charge in [0, 0.05) is 0 Å². The Morgan fingerprint density at radius 2 is 1.75 bits per heavy atom. The first kappa shape index (κ1) is 17.8. The summed E-state index contributed by atoms with van der Waals surface area (Å²) in [5.74, 6) is -3.61. The summed E-state index contributed by atoms with van der Waals surface area (Å²) >= 11 is 0. The second-order valence-electron chi connectivity index (χ2n) is 4.62. The van der Waals surface area contributed by atoms with Gasteiger partial charge in [0.25, 0.3) is 0 Å². The van der Waals surface area contributed by atoms with Crippen LogP contribution in [0.15, 0.2) is 0 Å². The van der Waals surface area contributed by atoms with Crippen molar-refractivity contribution >= 4 is 23.7 Å². The predicted octanol–water partition coefficient (Wildman–Crippen LogP) is -2.47. The Bertz CT molecular complexity index is 396. The molecule has 0 aromatic carbocycles. The molecule has 0 aromatic rings. The van der Waals surface area contributed by atoms with Crippen molar-refractivity contribution in [1.29, 1.82) is 0 Å². The largest absolute Gasteiger partial charge is 0.480 e. The number of carboxylic acid groups (broad SMARTS) is 1. The molecule has 0 saturated carbocycles. The number of aliphatic carboxylic acids is 1. The number of hydrogen-bond acceptors (Lipinski definition) is 5. The quantitative estimate of drug-likeness (QED) is 0.332. The normalized spacial score (nSPS) is 13.4. The van der Waals surface area contributed by atoms with Gasteiger partial charge in [0.05, 0.1) is 19.0 Å². The van der Waals surface area contributed by atoms with Crippen molar-refractivity contribution in [2.45, 2.75) is 32.4 Å². The van der Waals surface area contributed by atoms with E-state index in [4.69, 9.17) is 16.6 Å². The molecule has 0 rings (SSSR count). The molecule has 0 radical (unpaired) electrons. The maximum Gasteiger partial charge on any atom is 0.326 e. The zero-order chi connectivity index (χ0) is 15.9. The number of amides is 3. The summed E-state index contributed by atoms with van der Waals surface area (Å²) in [6.45, 7) is 3.07. The second-order valence-corrected chi connectivity index (χ2v) is 4.62. The molecule has 0 spiro atoms. The Morgan fingerprint density at radius 1 is 1.20 bits per heavy atom. The van der Waals surface area contributed by atoms with E-state index in [0.717, 1.165) is 0 Å². The van der Waals surface area contributed by atoms with Crippen molar-refractivity contribution in [3.63, 3.8) is 0 Å². The summed E-state index contributed by atoms with van der Waals surface area (Å²) in [7, 11) is 0. The van der Waals surface area contributed by atoms with Crippen molar-refractivity contribution in [2.75, 3.05) is 6.54 Å². The summed E-state index contributed by atoms with van der Waals surface area (Å²) in [5.41, 5.74) is 10.4. The molecule has 0 bridgehead atoms. The number of nitrogens with one attached hydrogen (secondary N) is 2. The fourth-order valence-corrected chi connectivity index (χ4v) is 1.23. The highest BCUT2D eigenvalue weighted by atomic mass is 16.4. The Hall–Kier alpha value is -2.16. The van der Waals surface area contributed by atoms with Gasteiger partial charge in [-0.15, -0.1) is 0 Å². The van der Waals surface area contributed by atoms with Crippen LogP contribution in [0.5, 0.6) is 0 Å². The third-order valence-electron chi connectivity index (χ3n) is 2.48. The van der Waals surface area contributed by atoms with E-state index in [0.29, 0.717) is 0 Å². The van der Waals surface area contributed by atoms with Gasteiger partial charge >= 0.3 is 5.97 Å². The number of primary amides is 1. The number of carboxylic acids is 1. The minimum Gasteiger partial charge on any atom is -0.480 e. The van der Waals surface area contributed by atoms with E-state index in [1.54, 1.807) is 13.8 Å². The molecule has 0 saturated heterocycles. The van der Waals surface area contributed by atoms with Crippen molar-refractivity contribution < 1.29 is 24.3 Å². The minimum absolute atomic E-state index is 0.0975. The molecule has 9 heteroatoms. The molecule has 0 aliphatic rings. The van der Waals surface area contributed by atoms with Crippen LogP contribution in [0.4, 0.5) is 0 Å². The standard InChI is InChI=1S/C11H20N4O5/c1-5(2)9(13)10(18)14-4-8(17)15-6(11(19)20)3-7(12)16/h5-6,9H,3-4,13H2,1-2H3,(H2,12,16)(H,14,18)(H,15,17)(H,19,20)/t6-,9+/m1/s1. The molecule has 7 N–H and O–H groups in total. The predicted molar refractivity (Wildman–Crippen MR) is 69.2 cm³/mol. The van der Waals surface area contributed by atoms with E-state index in [2.05, 4.69) is 10.6 Å². The number of carbonyl (C=O) groups excluding carboxylic acids is 3. The van der Waals surface area contributed by atoms with E-state index in [9.17, 15) is 19.2 Å². The Kier molecular flexibility index (Phi) is 7.22. The van der Waals surface area contributed by atoms with Crippen molar-refractivity contribution in [3.05, 3.63) is 0 Å². The third kappa shape index (κ3) is 6.69. The average molecular weight is 288 g/mol. The first-order valence-corrected chi connectivity index (χ1v) is 5.99. The van der Waals surface area contributed by atoms with Gasteiger partial charge in [-0.2, -0.15) is 0 Å². The highest BCUT2D eigenvalue weighted by molar-refractivity contribution is 5.91. The topological polar surface area (TPSA) is 165 Å². The lowest BCUT2D eigenvalue weighted by Gasteiger charge is -2.16. The van der Waals surface area contributed by atoms with Crippen LogP contribution in [0.2, 0.25) is 0 Å². The molecule has 0 aromatic heterocycles. The molecule has 20 heavy (non-hydrogen) atoms. The molecule has 114 valence electrons. The molecular formula is C11H20N4O5. The zero-order valence-corrected chi connectivity index (χ0v) is 11.4. The zero-order valence-electron chi connectivity index (χ0n) is 11.4. The SMILES string of the molecule is CC(C)[C@H](N)C(=O)NCC(=O)N[C@H](CC(N)=O)C(=O)O. The number of carbonyl (C=O) groups is 4. The summed E-state index contributed by atoms with van der Waals surface area (Å²) in [6, 6.07) is -2.18. The first-order chi connectivity index (χ1) is 9.15. The van der Waals surface area contributed by atoms with Crippen LogP contribution >= 0.6 is 0 Å². The van der Waals surface area contributed by atoms with Crippen molar-refractivity contribution in [1.82, 2.24) is 10.6 Å². The fourth-order valence-electron chi connectivity index (χ4n) is 1.23. The van der Waals surface area contributed by atoms with Crippen LogP contribution in [0, 0.1) is 5.92 Å². The fraction of sp³-hybridized carbons (Fsp3) is 0.636. The van der Waals surface area contributed by atoms with Gasteiger partial charge < -0.3 is 27.2 Å². The van der Waals surface area contributed by atoms with Crippen LogP contribution in [0.1, 0.15) is 20.3 Å². The van der Waals surface area contributed by atoms with E-state index in [1.807, 2.05) is 0 Å². The minimum atomic E-state index is -1.42. The lowest BCUT2D eigenvalue weighted by molar-refractivity contribution is -0.143. The summed E-state index contributed by atoms with van der Waals surface area (Å²) < 4.78 is 0. The van der Waals surface area contributed by atoms with Crippen LogP contribution in [0.25, 0.3) is 0 Å². The second kappa shape index (κ2) is 8.10. The number of nitrogens with two attached hydrogens (primary N) is 2. The molecule has 0 heterocycles. The Balaban J connectivity index is 4.30. The number of hydrogen-bond donors (Lipinski definition) is 5. The van der Waals surface area contributed by atoms with Crippen LogP contribution in [-0.2, 0) is 19.2 Å². The maximum atomic E-state index is 11.5. The highest BCUT2D eigenvalue weighted by Gasteiger charge is 2.23. The van der Waals surface area contributed by atoms with Crippen molar-refractivity contribution in [2.24, 2.45) is 17.4 Å². The smallest absolute Gasteiger partial charge is 0.326 e.